The zero-order valence-corrected chi connectivity index (χ0v) is 10.0. The van der Waals surface area contributed by atoms with Gasteiger partial charge in [0.2, 0.25) is 5.91 Å². The van der Waals surface area contributed by atoms with Crippen LogP contribution in [0.5, 0.6) is 0 Å². The lowest BCUT2D eigenvalue weighted by Gasteiger charge is -2.28. The van der Waals surface area contributed by atoms with Crippen LogP contribution in [-0.2, 0) is 9.53 Å². The van der Waals surface area contributed by atoms with E-state index >= 15 is 0 Å². The van der Waals surface area contributed by atoms with E-state index in [2.05, 4.69) is 5.32 Å². The minimum absolute atomic E-state index is 0.0955. The molecule has 1 rings (SSSR count). The lowest BCUT2D eigenvalue weighted by molar-refractivity contribution is -0.127. The Balaban J connectivity index is 2.50. The Kier molecular flexibility index (Phi) is 4.04. The normalized spacial score (nSPS) is 18.5. The molecule has 0 aromatic heterocycles. The predicted molar refractivity (Wildman–Crippen MR) is 62.6 cm³/mol. The predicted octanol–water partition coefficient (Wildman–Crippen LogP) is 0.594. The number of nitrogens with one attached hydrogen (secondary N) is 1. The summed E-state index contributed by atoms with van der Waals surface area (Å²) >= 11 is 4.87. The second-order valence-corrected chi connectivity index (χ2v) is 4.79. The second-order valence-electron chi connectivity index (χ2n) is 4.35. The van der Waals surface area contributed by atoms with E-state index in [0.29, 0.717) is 13.2 Å². The van der Waals surface area contributed by atoms with Crippen LogP contribution >= 0.6 is 12.2 Å². The van der Waals surface area contributed by atoms with E-state index in [9.17, 15) is 4.79 Å². The van der Waals surface area contributed by atoms with Crippen molar-refractivity contribution >= 4 is 23.1 Å². The maximum Gasteiger partial charge on any atom is 0.232 e. The summed E-state index contributed by atoms with van der Waals surface area (Å²) in [5.74, 6) is -0.0955. The fourth-order valence-electron chi connectivity index (χ4n) is 1.32. The first-order valence-electron chi connectivity index (χ1n) is 5.13. The molecule has 1 heterocycles. The van der Waals surface area contributed by atoms with Crippen molar-refractivity contribution in [1.29, 1.82) is 0 Å². The van der Waals surface area contributed by atoms with Crippen LogP contribution in [0.2, 0.25) is 0 Å². The molecule has 1 aliphatic rings. The number of rotatable bonds is 3. The first-order chi connectivity index (χ1) is 6.94. The van der Waals surface area contributed by atoms with Gasteiger partial charge in [0, 0.05) is 19.3 Å². The van der Waals surface area contributed by atoms with Gasteiger partial charge in [0.25, 0.3) is 0 Å². The molecule has 0 atom stereocenters. The number of hydrogen-bond donors (Lipinski definition) is 2. The van der Waals surface area contributed by atoms with Gasteiger partial charge in [-0.2, -0.15) is 0 Å². The molecule has 1 amide bonds. The lowest BCUT2D eigenvalue weighted by atomic mass is 9.91. The van der Waals surface area contributed by atoms with E-state index in [1.54, 1.807) is 13.8 Å². The lowest BCUT2D eigenvalue weighted by Crippen LogP contribution is -2.49. The maximum absolute atomic E-state index is 11.9. The number of carbonyl (C=O) groups excluding carboxylic acids is 1. The van der Waals surface area contributed by atoms with Gasteiger partial charge >= 0.3 is 0 Å². The molecule has 0 saturated carbocycles. The van der Waals surface area contributed by atoms with Crippen LogP contribution in [0.15, 0.2) is 0 Å². The third-order valence-corrected chi connectivity index (χ3v) is 3.25. The van der Waals surface area contributed by atoms with E-state index in [-0.39, 0.29) is 16.9 Å². The molecule has 0 radical (unpaired) electrons. The highest BCUT2D eigenvalue weighted by Gasteiger charge is 2.32. The number of carbonyl (C=O) groups is 1. The summed E-state index contributed by atoms with van der Waals surface area (Å²) in [6.07, 6.45) is 1.72. The van der Waals surface area contributed by atoms with Crippen LogP contribution < -0.4 is 11.1 Å². The summed E-state index contributed by atoms with van der Waals surface area (Å²) in [7, 11) is 0. The van der Waals surface area contributed by atoms with Gasteiger partial charge in [-0.25, -0.2) is 0 Å². The third kappa shape index (κ3) is 3.14. The van der Waals surface area contributed by atoms with Gasteiger partial charge in [-0.3, -0.25) is 4.79 Å². The molecule has 1 saturated heterocycles. The van der Waals surface area contributed by atoms with Crippen molar-refractivity contribution in [3.05, 3.63) is 0 Å². The van der Waals surface area contributed by atoms with Crippen molar-refractivity contribution in [2.45, 2.75) is 32.7 Å². The van der Waals surface area contributed by atoms with Crippen molar-refractivity contribution in [1.82, 2.24) is 5.32 Å². The van der Waals surface area contributed by atoms with Gasteiger partial charge in [-0.15, -0.1) is 0 Å². The molecule has 1 fully saturated rings. The van der Waals surface area contributed by atoms with Crippen molar-refractivity contribution < 1.29 is 9.53 Å². The van der Waals surface area contributed by atoms with Crippen LogP contribution in [0, 0.1) is 5.41 Å². The van der Waals surface area contributed by atoms with Gasteiger partial charge in [-0.1, -0.05) is 12.2 Å². The van der Waals surface area contributed by atoms with Crippen LogP contribution in [0.3, 0.4) is 0 Å². The zero-order chi connectivity index (χ0) is 11.5. The van der Waals surface area contributed by atoms with Gasteiger partial charge in [0.15, 0.2) is 0 Å². The summed E-state index contributed by atoms with van der Waals surface area (Å²) in [5.41, 5.74) is 4.75. The molecule has 0 aromatic rings. The largest absolute Gasteiger partial charge is 0.392 e. The Morgan fingerprint density at radius 2 is 2.00 bits per heavy atom. The number of nitrogens with two attached hydrogens (primary N) is 1. The Hall–Kier alpha value is -0.680. The van der Waals surface area contributed by atoms with E-state index in [4.69, 9.17) is 22.7 Å². The van der Waals surface area contributed by atoms with Crippen LogP contribution in [0.1, 0.15) is 26.7 Å². The standard InChI is InChI=1S/C10H18N2O2S/c1-10(2,8(11)15)9(13)12-7-3-5-14-6-4-7/h7H,3-6H2,1-2H3,(H2,11,15)(H,12,13). The Morgan fingerprint density at radius 3 is 2.47 bits per heavy atom. The molecule has 0 aliphatic carbocycles. The quantitative estimate of drug-likeness (QED) is 0.697. The van der Waals surface area contributed by atoms with Crippen LogP contribution in [-0.4, -0.2) is 30.2 Å². The maximum atomic E-state index is 11.9. The molecule has 86 valence electrons. The molecule has 4 nitrogen and oxygen atoms in total. The highest BCUT2D eigenvalue weighted by atomic mass is 32.1. The molecular weight excluding hydrogens is 212 g/mol. The van der Waals surface area contributed by atoms with Gasteiger partial charge < -0.3 is 15.8 Å². The van der Waals surface area contributed by atoms with Crippen molar-refractivity contribution in [3.63, 3.8) is 0 Å². The van der Waals surface area contributed by atoms with Gasteiger partial charge in [0.05, 0.1) is 10.4 Å². The van der Waals surface area contributed by atoms with Crippen molar-refractivity contribution in [2.75, 3.05) is 13.2 Å². The number of amides is 1. The molecule has 0 aromatic carbocycles. The fraction of sp³-hybridized carbons (Fsp3) is 0.800. The molecule has 0 unspecified atom stereocenters. The molecule has 0 bridgehead atoms. The average Bonchev–Trinajstić information content (AvgIpc) is 2.18. The molecule has 1 aliphatic heterocycles. The Bertz CT molecular complexity index is 260. The van der Waals surface area contributed by atoms with E-state index in [1.165, 1.54) is 0 Å². The second kappa shape index (κ2) is 4.90. The summed E-state index contributed by atoms with van der Waals surface area (Å²) in [6.45, 7) is 4.89. The first-order valence-corrected chi connectivity index (χ1v) is 5.54. The number of ether oxygens (including phenoxy) is 1. The number of thiocarbonyl (C=S) groups is 1. The Morgan fingerprint density at radius 1 is 1.47 bits per heavy atom. The molecule has 5 heteroatoms. The monoisotopic (exact) mass is 230 g/mol. The number of hydrogen-bond acceptors (Lipinski definition) is 3. The third-order valence-electron chi connectivity index (χ3n) is 2.74. The zero-order valence-electron chi connectivity index (χ0n) is 9.21. The minimum atomic E-state index is -0.770. The van der Waals surface area contributed by atoms with Crippen molar-refractivity contribution in [2.24, 2.45) is 11.1 Å². The van der Waals surface area contributed by atoms with Crippen LogP contribution in [0.25, 0.3) is 0 Å². The minimum Gasteiger partial charge on any atom is -0.392 e. The summed E-state index contributed by atoms with van der Waals surface area (Å²) in [4.78, 5) is 12.1. The molecule has 15 heavy (non-hydrogen) atoms. The topological polar surface area (TPSA) is 64.3 Å². The van der Waals surface area contributed by atoms with E-state index in [0.717, 1.165) is 12.8 Å². The summed E-state index contributed by atoms with van der Waals surface area (Å²) in [5, 5.41) is 2.95. The average molecular weight is 230 g/mol. The van der Waals surface area contributed by atoms with Crippen molar-refractivity contribution in [3.8, 4) is 0 Å². The van der Waals surface area contributed by atoms with Crippen LogP contribution in [0.4, 0.5) is 0 Å². The highest BCUT2D eigenvalue weighted by molar-refractivity contribution is 7.80. The highest BCUT2D eigenvalue weighted by Crippen LogP contribution is 2.17. The Labute approximate surface area is 95.5 Å². The molecule has 0 spiro atoms. The molecular formula is C10H18N2O2S. The van der Waals surface area contributed by atoms with E-state index in [1.807, 2.05) is 0 Å². The first kappa shape index (κ1) is 12.4. The van der Waals surface area contributed by atoms with Gasteiger partial charge in [-0.05, 0) is 26.7 Å². The molecule has 3 N–H and O–H groups in total. The summed E-state index contributed by atoms with van der Waals surface area (Å²) in [6, 6.07) is 0.194. The fourth-order valence-corrected chi connectivity index (χ4v) is 1.41. The summed E-state index contributed by atoms with van der Waals surface area (Å²) < 4.78 is 5.21. The smallest absolute Gasteiger partial charge is 0.232 e. The van der Waals surface area contributed by atoms with Gasteiger partial charge in [0.1, 0.15) is 0 Å². The SMILES string of the molecule is CC(C)(C(=O)NC1CCOCC1)C(N)=S. The van der Waals surface area contributed by atoms with E-state index < -0.39 is 5.41 Å².